The maximum atomic E-state index is 13.1. The average molecular weight is 380 g/mol. The minimum Gasteiger partial charge on any atom is -0.315 e. The molecular weight excluding hydrogens is 360 g/mol. The van der Waals surface area contributed by atoms with Crippen molar-refractivity contribution in [2.45, 2.75) is 31.8 Å². The molecule has 0 bridgehead atoms. The Morgan fingerprint density at radius 1 is 1.18 bits per heavy atom. The fraction of sp³-hybridized carbons (Fsp3) is 0.316. The Bertz CT molecular complexity index is 934. The van der Waals surface area contributed by atoms with Gasteiger partial charge in [0.15, 0.2) is 0 Å². The molecule has 1 aromatic heterocycles. The number of nitrogens with one attached hydrogen (secondary N) is 2. The summed E-state index contributed by atoms with van der Waals surface area (Å²) in [5, 5.41) is 0. The highest BCUT2D eigenvalue weighted by molar-refractivity contribution is 6.10. The molecular formula is C19H20N6O3. The van der Waals surface area contributed by atoms with Crippen molar-refractivity contribution in [3.05, 3.63) is 48.3 Å². The third kappa shape index (κ3) is 2.94. The van der Waals surface area contributed by atoms with Crippen LogP contribution in [0.2, 0.25) is 0 Å². The van der Waals surface area contributed by atoms with E-state index in [0.717, 1.165) is 0 Å². The molecule has 0 saturated carbocycles. The van der Waals surface area contributed by atoms with E-state index in [-0.39, 0.29) is 36.6 Å². The van der Waals surface area contributed by atoms with E-state index in [1.165, 1.54) is 0 Å². The van der Waals surface area contributed by atoms with Crippen LogP contribution < -0.4 is 15.8 Å². The molecule has 0 aliphatic carbocycles. The summed E-state index contributed by atoms with van der Waals surface area (Å²) in [5.74, 6) is -0.215. The van der Waals surface area contributed by atoms with E-state index in [2.05, 4.69) is 20.8 Å². The average Bonchev–Trinajstić information content (AvgIpc) is 3.02. The van der Waals surface area contributed by atoms with E-state index < -0.39 is 5.66 Å². The molecule has 2 aliphatic rings. The highest BCUT2D eigenvalue weighted by Gasteiger charge is 2.52. The number of carbonyl (C=O) groups excluding carboxylic acids is 3. The standard InChI is InChI=1S/C19H20N6O3/c1-19-9-7-16(27)25(19)14-6-3-2-5-13(14)17(28)24(19)12-8-15(26)22-23-18-20-10-4-11-21-18/h2-6,10-11H,7-9,12H2,1H3,(H,22,26)(H,20,21,23). The Labute approximate surface area is 161 Å². The summed E-state index contributed by atoms with van der Waals surface area (Å²) in [6, 6.07) is 8.77. The van der Waals surface area contributed by atoms with Crippen molar-refractivity contribution >= 4 is 29.4 Å². The van der Waals surface area contributed by atoms with E-state index in [1.807, 2.05) is 13.0 Å². The molecule has 2 aromatic rings. The van der Waals surface area contributed by atoms with Gasteiger partial charge in [-0.05, 0) is 31.5 Å². The van der Waals surface area contributed by atoms with Gasteiger partial charge in [0, 0.05) is 31.8 Å². The Kier molecular flexibility index (Phi) is 4.42. The first-order valence-corrected chi connectivity index (χ1v) is 9.06. The van der Waals surface area contributed by atoms with Gasteiger partial charge in [0.25, 0.3) is 5.91 Å². The second-order valence-electron chi connectivity index (χ2n) is 6.92. The number of hydrogen-bond donors (Lipinski definition) is 2. The third-order valence-corrected chi connectivity index (χ3v) is 5.19. The van der Waals surface area contributed by atoms with Gasteiger partial charge in [-0.15, -0.1) is 0 Å². The maximum Gasteiger partial charge on any atom is 0.257 e. The van der Waals surface area contributed by atoms with Crippen LogP contribution in [0, 0.1) is 0 Å². The van der Waals surface area contributed by atoms with Crippen molar-refractivity contribution < 1.29 is 14.4 Å². The smallest absolute Gasteiger partial charge is 0.257 e. The normalized spacial score (nSPS) is 20.6. The predicted molar refractivity (Wildman–Crippen MR) is 101 cm³/mol. The van der Waals surface area contributed by atoms with Gasteiger partial charge in [-0.1, -0.05) is 12.1 Å². The van der Waals surface area contributed by atoms with Crippen LogP contribution in [0.15, 0.2) is 42.7 Å². The zero-order valence-electron chi connectivity index (χ0n) is 15.4. The molecule has 1 aromatic carbocycles. The first kappa shape index (κ1) is 17.9. The summed E-state index contributed by atoms with van der Waals surface area (Å²) < 4.78 is 0. The summed E-state index contributed by atoms with van der Waals surface area (Å²) in [5.41, 5.74) is 5.51. The SMILES string of the molecule is CC12CCC(=O)N1c1ccccc1C(=O)N2CCC(=O)NNc1ncccn1. The summed E-state index contributed by atoms with van der Waals surface area (Å²) in [6.07, 6.45) is 4.08. The number of carbonyl (C=O) groups is 3. The number of nitrogens with zero attached hydrogens (tertiary/aromatic N) is 4. The number of hydrazine groups is 1. The van der Waals surface area contributed by atoms with E-state index in [1.54, 1.807) is 46.5 Å². The summed E-state index contributed by atoms with van der Waals surface area (Å²) in [7, 11) is 0. The van der Waals surface area contributed by atoms with Crippen molar-refractivity contribution in [1.82, 2.24) is 20.3 Å². The van der Waals surface area contributed by atoms with Crippen LogP contribution in [0.25, 0.3) is 0 Å². The van der Waals surface area contributed by atoms with Crippen molar-refractivity contribution in [3.8, 4) is 0 Å². The second kappa shape index (κ2) is 6.91. The third-order valence-electron chi connectivity index (χ3n) is 5.19. The zero-order valence-corrected chi connectivity index (χ0v) is 15.4. The van der Waals surface area contributed by atoms with Crippen molar-refractivity contribution in [2.75, 3.05) is 16.9 Å². The minimum atomic E-state index is -0.765. The minimum absolute atomic E-state index is 0.0141. The molecule has 2 aliphatic heterocycles. The van der Waals surface area contributed by atoms with Crippen LogP contribution >= 0.6 is 0 Å². The highest BCUT2D eigenvalue weighted by Crippen LogP contribution is 2.43. The monoisotopic (exact) mass is 380 g/mol. The maximum absolute atomic E-state index is 13.1. The zero-order chi connectivity index (χ0) is 19.7. The van der Waals surface area contributed by atoms with Crippen LogP contribution in [-0.4, -0.2) is 44.8 Å². The number of hydrogen-bond acceptors (Lipinski definition) is 6. The molecule has 9 heteroatoms. The summed E-state index contributed by atoms with van der Waals surface area (Å²) in [4.78, 5) is 49.0. The topological polar surface area (TPSA) is 108 Å². The van der Waals surface area contributed by atoms with Gasteiger partial charge in [0.1, 0.15) is 5.66 Å². The molecule has 3 heterocycles. The Morgan fingerprint density at radius 2 is 1.93 bits per heavy atom. The first-order valence-electron chi connectivity index (χ1n) is 9.06. The van der Waals surface area contributed by atoms with E-state index >= 15 is 0 Å². The lowest BCUT2D eigenvalue weighted by atomic mass is 9.98. The van der Waals surface area contributed by atoms with Gasteiger partial charge in [0.05, 0.1) is 11.3 Å². The highest BCUT2D eigenvalue weighted by atomic mass is 16.2. The van der Waals surface area contributed by atoms with Crippen LogP contribution in [0.5, 0.6) is 0 Å². The van der Waals surface area contributed by atoms with Crippen LogP contribution in [0.3, 0.4) is 0 Å². The number of benzene rings is 1. The molecule has 9 nitrogen and oxygen atoms in total. The summed E-state index contributed by atoms with van der Waals surface area (Å²) in [6.45, 7) is 2.07. The number of aromatic nitrogens is 2. The molecule has 0 spiro atoms. The number of para-hydroxylation sites is 1. The van der Waals surface area contributed by atoms with E-state index in [9.17, 15) is 14.4 Å². The van der Waals surface area contributed by atoms with Gasteiger partial charge in [-0.3, -0.25) is 30.1 Å². The van der Waals surface area contributed by atoms with E-state index in [0.29, 0.717) is 24.1 Å². The second-order valence-corrected chi connectivity index (χ2v) is 6.92. The van der Waals surface area contributed by atoms with Gasteiger partial charge in [0.2, 0.25) is 17.8 Å². The Balaban J connectivity index is 1.49. The van der Waals surface area contributed by atoms with E-state index in [4.69, 9.17) is 0 Å². The fourth-order valence-electron chi connectivity index (χ4n) is 3.81. The number of rotatable bonds is 5. The van der Waals surface area contributed by atoms with Gasteiger partial charge in [-0.2, -0.15) is 0 Å². The fourth-order valence-corrected chi connectivity index (χ4v) is 3.81. The lowest BCUT2D eigenvalue weighted by molar-refractivity contribution is -0.121. The Morgan fingerprint density at radius 3 is 2.71 bits per heavy atom. The van der Waals surface area contributed by atoms with Crippen LogP contribution in [-0.2, 0) is 9.59 Å². The number of fused-ring (bicyclic) bond motifs is 3. The molecule has 1 fully saturated rings. The molecule has 2 N–H and O–H groups in total. The van der Waals surface area contributed by atoms with Gasteiger partial charge >= 0.3 is 0 Å². The molecule has 1 saturated heterocycles. The Hall–Kier alpha value is -3.49. The summed E-state index contributed by atoms with van der Waals surface area (Å²) >= 11 is 0. The lowest BCUT2D eigenvalue weighted by Crippen LogP contribution is -2.62. The molecule has 1 unspecified atom stereocenters. The molecule has 28 heavy (non-hydrogen) atoms. The molecule has 4 rings (SSSR count). The van der Waals surface area contributed by atoms with Crippen LogP contribution in [0.4, 0.5) is 11.6 Å². The molecule has 1 atom stereocenters. The van der Waals surface area contributed by atoms with Crippen molar-refractivity contribution in [3.63, 3.8) is 0 Å². The number of amides is 3. The number of anilines is 2. The molecule has 144 valence electrons. The molecule has 0 radical (unpaired) electrons. The first-order chi connectivity index (χ1) is 13.5. The largest absolute Gasteiger partial charge is 0.315 e. The predicted octanol–water partition coefficient (Wildman–Crippen LogP) is 1.31. The van der Waals surface area contributed by atoms with Gasteiger partial charge in [-0.25, -0.2) is 9.97 Å². The lowest BCUT2D eigenvalue weighted by Gasteiger charge is -2.48. The quantitative estimate of drug-likeness (QED) is 0.758. The molecule has 3 amide bonds. The van der Waals surface area contributed by atoms with Crippen LogP contribution in [0.1, 0.15) is 36.5 Å². The van der Waals surface area contributed by atoms with Crippen molar-refractivity contribution in [1.29, 1.82) is 0 Å². The van der Waals surface area contributed by atoms with Crippen molar-refractivity contribution in [2.24, 2.45) is 0 Å². The van der Waals surface area contributed by atoms with Gasteiger partial charge < -0.3 is 4.90 Å².